The molecule has 2 N–H and O–H groups in total. The van der Waals surface area contributed by atoms with Gasteiger partial charge in [0, 0.05) is 12.6 Å². The van der Waals surface area contributed by atoms with Crippen molar-refractivity contribution in [2.45, 2.75) is 64.3 Å². The van der Waals surface area contributed by atoms with Crippen LogP contribution in [0.3, 0.4) is 0 Å². The quantitative estimate of drug-likeness (QED) is 0.340. The monoisotopic (exact) mass is 549 g/mol. The standard InChI is InChI=1S/C24H26ClF2N7O2S/c1-12(2)8-20-30-16-10-28-15(13-6-7-33(32-13)24(26)27)9-18(16)34(20)17-5-3-4-14(21(17)35)31-22(36)23-29-11-19(25)37-23/h6-7,9-12,14,17,21,24,35H,3-5,8H2,1-2H3,(H,31,36)/t14?,17-,21-/m0/s1. The van der Waals surface area contributed by atoms with E-state index in [1.54, 1.807) is 12.3 Å². The number of amides is 1. The van der Waals surface area contributed by atoms with Crippen LogP contribution in [0.25, 0.3) is 22.4 Å². The molecule has 1 saturated carbocycles. The lowest BCUT2D eigenvalue weighted by Crippen LogP contribution is -2.49. The van der Waals surface area contributed by atoms with Crippen LogP contribution < -0.4 is 5.32 Å². The molecule has 0 aliphatic heterocycles. The van der Waals surface area contributed by atoms with Crippen LogP contribution in [0, 0.1) is 5.92 Å². The SMILES string of the molecule is CC(C)Cc1nc2cnc(-c3ccn(C(F)F)n3)cc2n1[C@H]1CCCC(NC(=O)c2ncc(Cl)s2)[C@@H]1O. The molecule has 0 radical (unpaired) electrons. The van der Waals surface area contributed by atoms with Crippen LogP contribution in [-0.2, 0) is 6.42 Å². The summed E-state index contributed by atoms with van der Waals surface area (Å²) in [5.74, 6) is 0.723. The largest absolute Gasteiger partial charge is 0.389 e. The average molecular weight is 550 g/mol. The highest BCUT2D eigenvalue weighted by Gasteiger charge is 2.36. The van der Waals surface area contributed by atoms with Crippen LogP contribution in [0.5, 0.6) is 0 Å². The second-order valence-corrected chi connectivity index (χ2v) is 11.2. The van der Waals surface area contributed by atoms with Gasteiger partial charge in [-0.15, -0.1) is 0 Å². The smallest absolute Gasteiger partial charge is 0.333 e. The molecule has 0 bridgehead atoms. The number of halogens is 3. The third-order valence-corrected chi connectivity index (χ3v) is 7.57. The lowest BCUT2D eigenvalue weighted by Gasteiger charge is -2.37. The zero-order valence-corrected chi connectivity index (χ0v) is 21.8. The Labute approximate surface area is 220 Å². The van der Waals surface area contributed by atoms with Crippen molar-refractivity contribution in [1.82, 2.24) is 34.6 Å². The fraction of sp³-hybridized carbons (Fsp3) is 0.458. The Morgan fingerprint density at radius 2 is 2.08 bits per heavy atom. The molecule has 5 rings (SSSR count). The number of nitrogens with zero attached hydrogens (tertiary/aromatic N) is 6. The van der Waals surface area contributed by atoms with E-state index in [0.717, 1.165) is 29.1 Å². The van der Waals surface area contributed by atoms with Crippen LogP contribution in [0.4, 0.5) is 8.78 Å². The Hall–Kier alpha value is -2.96. The number of fused-ring (bicyclic) bond motifs is 1. The van der Waals surface area contributed by atoms with Crippen LogP contribution in [-0.4, -0.2) is 52.5 Å². The second-order valence-electron chi connectivity index (χ2n) is 9.55. The zero-order valence-electron chi connectivity index (χ0n) is 20.2. The predicted octanol–water partition coefficient (Wildman–Crippen LogP) is 4.88. The summed E-state index contributed by atoms with van der Waals surface area (Å²) >= 11 is 7.01. The van der Waals surface area contributed by atoms with Crippen molar-refractivity contribution in [3.63, 3.8) is 0 Å². The highest BCUT2D eigenvalue weighted by molar-refractivity contribution is 7.17. The summed E-state index contributed by atoms with van der Waals surface area (Å²) in [5.41, 5.74) is 2.12. The maximum atomic E-state index is 13.1. The van der Waals surface area contributed by atoms with Gasteiger partial charge in [-0.2, -0.15) is 13.9 Å². The van der Waals surface area contributed by atoms with Gasteiger partial charge in [-0.1, -0.05) is 36.8 Å². The molecule has 0 aromatic carbocycles. The number of aromatic nitrogens is 6. The fourth-order valence-corrected chi connectivity index (χ4v) is 5.65. The lowest BCUT2D eigenvalue weighted by molar-refractivity contribution is 0.0402. The summed E-state index contributed by atoms with van der Waals surface area (Å²) in [7, 11) is 0. The van der Waals surface area contributed by atoms with Crippen molar-refractivity contribution >= 4 is 39.9 Å². The number of nitrogens with one attached hydrogen (secondary N) is 1. The van der Waals surface area contributed by atoms with Crippen molar-refractivity contribution in [3.8, 4) is 11.4 Å². The third-order valence-electron chi connectivity index (χ3n) is 6.45. The first-order chi connectivity index (χ1) is 17.7. The van der Waals surface area contributed by atoms with E-state index in [1.807, 2.05) is 4.57 Å². The molecule has 37 heavy (non-hydrogen) atoms. The molecule has 9 nitrogen and oxygen atoms in total. The highest BCUT2D eigenvalue weighted by Crippen LogP contribution is 2.35. The number of hydrogen-bond acceptors (Lipinski definition) is 7. The van der Waals surface area contributed by atoms with Crippen molar-refractivity contribution < 1.29 is 18.7 Å². The first-order valence-corrected chi connectivity index (χ1v) is 13.2. The Balaban J connectivity index is 1.50. The van der Waals surface area contributed by atoms with Gasteiger partial charge in [0.05, 0.1) is 41.8 Å². The molecule has 4 aromatic rings. The summed E-state index contributed by atoms with van der Waals surface area (Å²) in [6.07, 6.45) is 6.11. The first-order valence-electron chi connectivity index (χ1n) is 12.0. The number of carbonyl (C=O) groups excluding carboxylic acids is 1. The number of aliphatic hydroxyl groups is 1. The number of imidazole rings is 1. The zero-order chi connectivity index (χ0) is 26.3. The number of rotatable bonds is 7. The maximum Gasteiger partial charge on any atom is 0.333 e. The summed E-state index contributed by atoms with van der Waals surface area (Å²) < 4.78 is 29.1. The van der Waals surface area contributed by atoms with E-state index in [0.29, 0.717) is 51.1 Å². The number of carbonyl (C=O) groups is 1. The molecule has 1 unspecified atom stereocenters. The number of thiazole rings is 1. The van der Waals surface area contributed by atoms with E-state index in [4.69, 9.17) is 16.6 Å². The van der Waals surface area contributed by atoms with Crippen molar-refractivity contribution in [2.75, 3.05) is 0 Å². The molecule has 4 heterocycles. The van der Waals surface area contributed by atoms with Crippen LogP contribution in [0.2, 0.25) is 4.34 Å². The van der Waals surface area contributed by atoms with Gasteiger partial charge in [-0.25, -0.2) is 14.6 Å². The normalized spacial score (nSPS) is 20.3. The molecule has 1 aliphatic carbocycles. The first kappa shape index (κ1) is 25.7. The summed E-state index contributed by atoms with van der Waals surface area (Å²) in [5, 5.41) is 18.5. The molecule has 4 aromatic heterocycles. The van der Waals surface area contributed by atoms with Crippen LogP contribution in [0.15, 0.2) is 30.7 Å². The van der Waals surface area contributed by atoms with Crippen LogP contribution >= 0.6 is 22.9 Å². The summed E-state index contributed by atoms with van der Waals surface area (Å²) in [6.45, 7) is 1.43. The van der Waals surface area contributed by atoms with E-state index in [1.165, 1.54) is 18.5 Å². The predicted molar refractivity (Wildman–Crippen MR) is 136 cm³/mol. The summed E-state index contributed by atoms with van der Waals surface area (Å²) in [6, 6.07) is 2.42. The Bertz CT molecular complexity index is 1420. The molecule has 1 aliphatic rings. The van der Waals surface area contributed by atoms with Crippen molar-refractivity contribution in [1.29, 1.82) is 0 Å². The van der Waals surface area contributed by atoms with Gasteiger partial charge >= 0.3 is 6.55 Å². The molecular weight excluding hydrogens is 524 g/mol. The van der Waals surface area contributed by atoms with Crippen molar-refractivity contribution in [3.05, 3.63) is 45.9 Å². The molecule has 1 amide bonds. The minimum Gasteiger partial charge on any atom is -0.389 e. The minimum atomic E-state index is -2.74. The van der Waals surface area contributed by atoms with E-state index in [-0.39, 0.29) is 17.0 Å². The Morgan fingerprint density at radius 1 is 1.27 bits per heavy atom. The van der Waals surface area contributed by atoms with E-state index >= 15 is 0 Å². The Kier molecular flexibility index (Phi) is 7.24. The molecule has 0 saturated heterocycles. The highest BCUT2D eigenvalue weighted by atomic mass is 35.5. The van der Waals surface area contributed by atoms with Gasteiger partial charge < -0.3 is 15.0 Å². The fourth-order valence-electron chi connectivity index (χ4n) is 4.84. The van der Waals surface area contributed by atoms with E-state index < -0.39 is 18.7 Å². The van der Waals surface area contributed by atoms with E-state index in [2.05, 4.69) is 34.2 Å². The third kappa shape index (κ3) is 5.23. The maximum absolute atomic E-state index is 13.1. The lowest BCUT2D eigenvalue weighted by atomic mass is 9.87. The van der Waals surface area contributed by atoms with Gasteiger partial charge in [0.15, 0.2) is 5.01 Å². The minimum absolute atomic E-state index is 0.242. The second kappa shape index (κ2) is 10.4. The molecule has 1 fully saturated rings. The number of hydrogen-bond donors (Lipinski definition) is 2. The number of aliphatic hydroxyl groups excluding tert-OH is 1. The molecule has 3 atom stereocenters. The van der Waals surface area contributed by atoms with Gasteiger partial charge in [0.2, 0.25) is 0 Å². The van der Waals surface area contributed by atoms with Gasteiger partial charge in [0.1, 0.15) is 21.4 Å². The summed E-state index contributed by atoms with van der Waals surface area (Å²) in [4.78, 5) is 26.0. The van der Waals surface area contributed by atoms with Gasteiger partial charge in [-0.05, 0) is 37.3 Å². The average Bonchev–Trinajstić information content (AvgIpc) is 3.58. The molecule has 13 heteroatoms. The molecular formula is C24H26ClF2N7O2S. The topological polar surface area (TPSA) is 111 Å². The van der Waals surface area contributed by atoms with Crippen LogP contribution in [0.1, 0.15) is 61.3 Å². The number of pyridine rings is 1. The van der Waals surface area contributed by atoms with Gasteiger partial charge in [0.25, 0.3) is 5.91 Å². The Morgan fingerprint density at radius 3 is 2.76 bits per heavy atom. The van der Waals surface area contributed by atoms with Crippen molar-refractivity contribution in [2.24, 2.45) is 5.92 Å². The molecule has 196 valence electrons. The molecule has 0 spiro atoms. The van der Waals surface area contributed by atoms with Gasteiger partial charge in [-0.3, -0.25) is 9.78 Å². The van der Waals surface area contributed by atoms with E-state index in [9.17, 15) is 18.7 Å². The number of alkyl halides is 2.